The minimum absolute atomic E-state index is 0.0947. The van der Waals surface area contributed by atoms with Crippen molar-refractivity contribution in [1.29, 1.82) is 0 Å². The first-order chi connectivity index (χ1) is 10.3. The zero-order valence-electron chi connectivity index (χ0n) is 11.0. The van der Waals surface area contributed by atoms with Crippen LogP contribution in [0.1, 0.15) is 11.1 Å². The molecule has 0 unspecified atom stereocenters. The summed E-state index contributed by atoms with van der Waals surface area (Å²) in [7, 11) is -5.68. The van der Waals surface area contributed by atoms with Crippen LogP contribution in [0.15, 0.2) is 42.6 Å². The van der Waals surface area contributed by atoms with E-state index in [0.29, 0.717) is 10.6 Å². The monoisotopic (exact) mass is 329 g/mol. The van der Waals surface area contributed by atoms with Gasteiger partial charge in [-0.05, 0) is 28.0 Å². The fourth-order valence-corrected chi connectivity index (χ4v) is 2.72. The molecule has 8 heteroatoms. The van der Waals surface area contributed by atoms with Gasteiger partial charge in [-0.15, -0.1) is 4.28 Å². The van der Waals surface area contributed by atoms with E-state index < -0.39 is 15.6 Å². The molecule has 1 aliphatic rings. The van der Waals surface area contributed by atoms with Gasteiger partial charge in [-0.1, -0.05) is 36.4 Å². The quantitative estimate of drug-likeness (QED) is 0.792. The second kappa shape index (κ2) is 4.99. The molecule has 3 rings (SSSR count). The molecule has 0 fully saturated rings. The van der Waals surface area contributed by atoms with Crippen molar-refractivity contribution in [3.05, 3.63) is 53.7 Å². The summed E-state index contributed by atoms with van der Waals surface area (Å²) in [6.45, 7) is -0.0947. The van der Waals surface area contributed by atoms with E-state index in [0.717, 1.165) is 16.3 Å². The average molecular weight is 329 g/mol. The van der Waals surface area contributed by atoms with Gasteiger partial charge in [0.05, 0.1) is 6.54 Å². The van der Waals surface area contributed by atoms with Gasteiger partial charge in [0.15, 0.2) is 0 Å². The molecule has 0 bridgehead atoms. The van der Waals surface area contributed by atoms with Crippen LogP contribution in [0.4, 0.5) is 13.2 Å². The van der Waals surface area contributed by atoms with Crippen molar-refractivity contribution in [3.63, 3.8) is 0 Å². The van der Waals surface area contributed by atoms with E-state index in [1.807, 2.05) is 30.3 Å². The molecule has 2 aromatic rings. The van der Waals surface area contributed by atoms with Crippen LogP contribution in [-0.2, 0) is 20.9 Å². The zero-order valence-corrected chi connectivity index (χ0v) is 11.9. The molecule has 116 valence electrons. The second-order valence-electron chi connectivity index (χ2n) is 4.72. The van der Waals surface area contributed by atoms with Crippen LogP contribution >= 0.6 is 0 Å². The summed E-state index contributed by atoms with van der Waals surface area (Å²) in [6, 6.07) is 11.1. The van der Waals surface area contributed by atoms with Crippen LogP contribution in [0, 0.1) is 0 Å². The number of alkyl halides is 3. The number of nitrogens with zero attached hydrogens (tertiary/aromatic N) is 1. The van der Waals surface area contributed by atoms with Gasteiger partial charge in [-0.3, -0.25) is 0 Å². The van der Waals surface area contributed by atoms with Crippen molar-refractivity contribution in [3.8, 4) is 0 Å². The zero-order chi connectivity index (χ0) is 16.0. The molecular formula is C14H10F3NO3S. The van der Waals surface area contributed by atoms with Crippen LogP contribution in [-0.4, -0.2) is 19.0 Å². The van der Waals surface area contributed by atoms with Crippen LogP contribution < -0.4 is 0 Å². The van der Waals surface area contributed by atoms with E-state index in [-0.39, 0.29) is 6.54 Å². The first-order valence-electron chi connectivity index (χ1n) is 6.24. The number of hydroxylamine groups is 2. The fraction of sp³-hybridized carbons (Fsp3) is 0.143. The third-order valence-corrected chi connectivity index (χ3v) is 4.24. The normalized spacial score (nSPS) is 15.1. The van der Waals surface area contributed by atoms with E-state index in [9.17, 15) is 21.6 Å². The molecule has 0 atom stereocenters. The smallest absolute Gasteiger partial charge is 0.239 e. The number of fused-ring (bicyclic) bond motifs is 3. The van der Waals surface area contributed by atoms with Gasteiger partial charge >= 0.3 is 15.6 Å². The van der Waals surface area contributed by atoms with Gasteiger partial charge in [-0.25, -0.2) is 5.06 Å². The maximum atomic E-state index is 12.4. The Balaban J connectivity index is 1.96. The summed E-state index contributed by atoms with van der Waals surface area (Å²) in [5.41, 5.74) is -3.94. The summed E-state index contributed by atoms with van der Waals surface area (Å²) in [5, 5.41) is 2.41. The van der Waals surface area contributed by atoms with E-state index in [1.54, 1.807) is 6.07 Å². The van der Waals surface area contributed by atoms with E-state index in [1.165, 1.54) is 12.3 Å². The van der Waals surface area contributed by atoms with E-state index >= 15 is 0 Å². The van der Waals surface area contributed by atoms with Gasteiger partial charge in [0.2, 0.25) is 0 Å². The Bertz CT molecular complexity index is 859. The first kappa shape index (κ1) is 14.9. The summed E-state index contributed by atoms with van der Waals surface area (Å²) >= 11 is 0. The Morgan fingerprint density at radius 2 is 1.82 bits per heavy atom. The molecule has 0 saturated carbocycles. The SMILES string of the molecule is O=S(=O)(ON1C=Cc2ccc3ccccc3c2C1)C(F)(F)F. The lowest BCUT2D eigenvalue weighted by Gasteiger charge is -2.25. The molecule has 2 aromatic carbocycles. The van der Waals surface area contributed by atoms with Crippen molar-refractivity contribution in [2.75, 3.05) is 0 Å². The summed E-state index contributed by atoms with van der Waals surface area (Å²) in [5.74, 6) is 0. The Labute approximate surface area is 124 Å². The van der Waals surface area contributed by atoms with Crippen LogP contribution in [0.5, 0.6) is 0 Å². The molecule has 0 amide bonds. The molecule has 1 aliphatic heterocycles. The Morgan fingerprint density at radius 1 is 1.09 bits per heavy atom. The molecular weight excluding hydrogens is 319 g/mol. The lowest BCUT2D eigenvalue weighted by molar-refractivity contribution is -0.0851. The van der Waals surface area contributed by atoms with Crippen molar-refractivity contribution in [2.24, 2.45) is 0 Å². The standard InChI is InChI=1S/C14H10F3NO3S/c15-14(16,17)22(19,20)21-18-8-7-11-6-5-10-3-1-2-4-12(10)13(11)9-18/h1-8H,9H2. The molecule has 1 heterocycles. The minimum Gasteiger partial charge on any atom is -0.239 e. The van der Waals surface area contributed by atoms with E-state index in [2.05, 4.69) is 4.28 Å². The molecule has 4 nitrogen and oxygen atoms in total. The summed E-state index contributed by atoms with van der Waals surface area (Å²) in [4.78, 5) is 0. The van der Waals surface area contributed by atoms with Gasteiger partial charge in [0, 0.05) is 6.20 Å². The molecule has 0 saturated heterocycles. The number of hydrogen-bond donors (Lipinski definition) is 0. The molecule has 0 radical (unpaired) electrons. The number of benzene rings is 2. The lowest BCUT2D eigenvalue weighted by Crippen LogP contribution is -2.32. The minimum atomic E-state index is -5.68. The second-order valence-corrected chi connectivity index (χ2v) is 6.24. The van der Waals surface area contributed by atoms with Crippen LogP contribution in [0.25, 0.3) is 16.8 Å². The Morgan fingerprint density at radius 3 is 2.55 bits per heavy atom. The van der Waals surface area contributed by atoms with Crippen molar-refractivity contribution in [1.82, 2.24) is 5.06 Å². The molecule has 0 N–H and O–H groups in total. The maximum absolute atomic E-state index is 12.4. The van der Waals surface area contributed by atoms with Crippen molar-refractivity contribution >= 4 is 27.0 Å². The lowest BCUT2D eigenvalue weighted by atomic mass is 9.97. The predicted octanol–water partition coefficient (Wildman–Crippen LogP) is 3.41. The van der Waals surface area contributed by atoms with Gasteiger partial charge in [0.25, 0.3) is 0 Å². The highest BCUT2D eigenvalue weighted by Crippen LogP contribution is 2.31. The van der Waals surface area contributed by atoms with Crippen LogP contribution in [0.3, 0.4) is 0 Å². The predicted molar refractivity (Wildman–Crippen MR) is 74.6 cm³/mol. The third kappa shape index (κ3) is 2.55. The van der Waals surface area contributed by atoms with Gasteiger partial charge in [-0.2, -0.15) is 21.6 Å². The van der Waals surface area contributed by atoms with E-state index in [4.69, 9.17) is 0 Å². The highest BCUT2D eigenvalue weighted by Gasteiger charge is 2.49. The Kier molecular flexibility index (Phi) is 3.37. The summed E-state index contributed by atoms with van der Waals surface area (Å²) < 4.78 is 63.4. The Hall–Kier alpha value is -2.06. The fourth-order valence-electron chi connectivity index (χ4n) is 2.28. The van der Waals surface area contributed by atoms with Gasteiger partial charge in [0.1, 0.15) is 0 Å². The van der Waals surface area contributed by atoms with Crippen LogP contribution in [0.2, 0.25) is 0 Å². The largest absolute Gasteiger partial charge is 0.525 e. The molecule has 0 aromatic heterocycles. The number of hydrogen-bond acceptors (Lipinski definition) is 4. The highest BCUT2D eigenvalue weighted by molar-refractivity contribution is 7.87. The topological polar surface area (TPSA) is 46.6 Å². The number of rotatable bonds is 2. The van der Waals surface area contributed by atoms with Crippen molar-refractivity contribution in [2.45, 2.75) is 12.1 Å². The highest BCUT2D eigenvalue weighted by atomic mass is 32.2. The molecule has 0 aliphatic carbocycles. The molecule has 0 spiro atoms. The van der Waals surface area contributed by atoms with Gasteiger partial charge < -0.3 is 0 Å². The average Bonchev–Trinajstić information content (AvgIpc) is 2.45. The molecule has 22 heavy (non-hydrogen) atoms. The number of halogens is 3. The maximum Gasteiger partial charge on any atom is 0.525 e. The third-order valence-electron chi connectivity index (χ3n) is 3.29. The van der Waals surface area contributed by atoms with Crippen molar-refractivity contribution < 1.29 is 25.9 Å². The summed E-state index contributed by atoms with van der Waals surface area (Å²) in [6.07, 6.45) is 2.68. The first-order valence-corrected chi connectivity index (χ1v) is 7.65.